The number of nitro groups is 1. The van der Waals surface area contributed by atoms with Crippen LogP contribution in [0.1, 0.15) is 30.1 Å². The minimum atomic E-state index is -0.619. The van der Waals surface area contributed by atoms with E-state index in [4.69, 9.17) is 4.74 Å². The van der Waals surface area contributed by atoms with Crippen molar-refractivity contribution in [3.63, 3.8) is 0 Å². The Morgan fingerprint density at radius 3 is 2.86 bits per heavy atom. The van der Waals surface area contributed by atoms with Gasteiger partial charge in [0.1, 0.15) is 17.6 Å². The average Bonchev–Trinajstić information content (AvgIpc) is 2.49. The zero-order valence-corrected chi connectivity index (χ0v) is 12.2. The lowest BCUT2D eigenvalue weighted by Crippen LogP contribution is -2.26. The highest BCUT2D eigenvalue weighted by atomic mass is 16.6. The molecule has 0 radical (unpaired) electrons. The number of rotatable bonds is 9. The summed E-state index contributed by atoms with van der Waals surface area (Å²) < 4.78 is 5.29. The van der Waals surface area contributed by atoms with Gasteiger partial charge in [-0.15, -0.1) is 0 Å². The highest BCUT2D eigenvalue weighted by molar-refractivity contribution is 5.98. The predicted molar refractivity (Wildman–Crippen MR) is 78.5 cm³/mol. The third-order valence-electron chi connectivity index (χ3n) is 2.68. The summed E-state index contributed by atoms with van der Waals surface area (Å²) in [7, 11) is 1.63. The van der Waals surface area contributed by atoms with Gasteiger partial charge in [0.05, 0.1) is 4.92 Å². The summed E-state index contributed by atoms with van der Waals surface area (Å²) in [5.74, 6) is -0.0897. The predicted octanol–water partition coefficient (Wildman–Crippen LogP) is 1.58. The minimum Gasteiger partial charge on any atom is -0.381 e. The Hall–Kier alpha value is -2.22. The van der Waals surface area contributed by atoms with Crippen LogP contribution in [-0.4, -0.2) is 42.6 Å². The van der Waals surface area contributed by atoms with E-state index >= 15 is 0 Å². The van der Waals surface area contributed by atoms with Crippen LogP contribution >= 0.6 is 0 Å². The quantitative estimate of drug-likeness (QED) is 0.407. The summed E-state index contributed by atoms with van der Waals surface area (Å²) in [6.45, 7) is 3.66. The first-order valence-electron chi connectivity index (χ1n) is 6.78. The number of anilines is 1. The Bertz CT molecular complexity index is 493. The topological polar surface area (TPSA) is 106 Å². The monoisotopic (exact) mass is 296 g/mol. The van der Waals surface area contributed by atoms with Crippen LogP contribution in [0.2, 0.25) is 0 Å². The van der Waals surface area contributed by atoms with Crippen LogP contribution in [0.15, 0.2) is 12.3 Å². The SMILES string of the molecule is CCCOCCCNC(=O)c1cc(NC)ncc1[N+](=O)[O-]. The van der Waals surface area contributed by atoms with Crippen molar-refractivity contribution in [2.24, 2.45) is 0 Å². The maximum absolute atomic E-state index is 12.0. The Labute approximate surface area is 123 Å². The highest BCUT2D eigenvalue weighted by Gasteiger charge is 2.21. The average molecular weight is 296 g/mol. The molecule has 0 unspecified atom stereocenters. The van der Waals surface area contributed by atoms with Crippen molar-refractivity contribution in [1.82, 2.24) is 10.3 Å². The van der Waals surface area contributed by atoms with Crippen molar-refractivity contribution < 1.29 is 14.5 Å². The van der Waals surface area contributed by atoms with Crippen LogP contribution in [0, 0.1) is 10.1 Å². The summed E-state index contributed by atoms with van der Waals surface area (Å²) in [5, 5.41) is 16.3. The molecule has 1 aromatic heterocycles. The van der Waals surface area contributed by atoms with E-state index in [-0.39, 0.29) is 11.3 Å². The lowest BCUT2D eigenvalue weighted by Gasteiger charge is -2.07. The van der Waals surface area contributed by atoms with E-state index in [2.05, 4.69) is 15.6 Å². The van der Waals surface area contributed by atoms with Crippen LogP contribution in [-0.2, 0) is 4.74 Å². The number of amides is 1. The molecule has 8 nitrogen and oxygen atoms in total. The summed E-state index contributed by atoms with van der Waals surface area (Å²) in [5.41, 5.74) is -0.317. The van der Waals surface area contributed by atoms with Crippen molar-refractivity contribution >= 4 is 17.4 Å². The first-order chi connectivity index (χ1) is 10.1. The van der Waals surface area contributed by atoms with E-state index in [0.29, 0.717) is 32.0 Å². The molecule has 0 atom stereocenters. The van der Waals surface area contributed by atoms with Gasteiger partial charge in [0.2, 0.25) is 0 Å². The fourth-order valence-corrected chi connectivity index (χ4v) is 1.63. The first kappa shape index (κ1) is 16.8. The number of aromatic nitrogens is 1. The van der Waals surface area contributed by atoms with Crippen molar-refractivity contribution in [2.75, 3.05) is 32.1 Å². The van der Waals surface area contributed by atoms with Crippen molar-refractivity contribution in [1.29, 1.82) is 0 Å². The van der Waals surface area contributed by atoms with Gasteiger partial charge in [-0.2, -0.15) is 0 Å². The smallest absolute Gasteiger partial charge is 0.300 e. The molecule has 1 amide bonds. The van der Waals surface area contributed by atoms with Gasteiger partial charge in [0, 0.05) is 32.9 Å². The van der Waals surface area contributed by atoms with E-state index in [0.717, 1.165) is 12.6 Å². The standard InChI is InChI=1S/C13H20N4O4/c1-3-6-21-7-4-5-15-13(18)10-8-12(14-2)16-9-11(10)17(19)20/h8-9H,3-7H2,1-2H3,(H,14,16)(H,15,18). The molecular weight excluding hydrogens is 276 g/mol. The molecule has 0 spiro atoms. The van der Waals surface area contributed by atoms with E-state index in [1.807, 2.05) is 6.92 Å². The lowest BCUT2D eigenvalue weighted by atomic mass is 10.2. The van der Waals surface area contributed by atoms with E-state index < -0.39 is 10.8 Å². The van der Waals surface area contributed by atoms with E-state index in [1.54, 1.807) is 7.05 Å². The lowest BCUT2D eigenvalue weighted by molar-refractivity contribution is -0.385. The number of pyridine rings is 1. The number of carbonyl (C=O) groups is 1. The molecule has 0 fully saturated rings. The molecule has 0 bridgehead atoms. The number of nitrogens with zero attached hydrogens (tertiary/aromatic N) is 2. The molecule has 1 heterocycles. The zero-order valence-electron chi connectivity index (χ0n) is 12.2. The molecule has 2 N–H and O–H groups in total. The number of ether oxygens (including phenoxy) is 1. The Morgan fingerprint density at radius 1 is 1.48 bits per heavy atom. The second-order valence-electron chi connectivity index (χ2n) is 4.32. The molecular formula is C13H20N4O4. The van der Waals surface area contributed by atoms with E-state index in [9.17, 15) is 14.9 Å². The molecule has 21 heavy (non-hydrogen) atoms. The highest BCUT2D eigenvalue weighted by Crippen LogP contribution is 2.19. The van der Waals surface area contributed by atoms with Crippen molar-refractivity contribution in [3.05, 3.63) is 27.9 Å². The van der Waals surface area contributed by atoms with Gasteiger partial charge in [0.15, 0.2) is 0 Å². The summed E-state index contributed by atoms with van der Waals surface area (Å²) in [4.78, 5) is 26.2. The van der Waals surface area contributed by atoms with Gasteiger partial charge in [-0.25, -0.2) is 4.98 Å². The van der Waals surface area contributed by atoms with Crippen LogP contribution in [0.3, 0.4) is 0 Å². The second-order valence-corrected chi connectivity index (χ2v) is 4.32. The van der Waals surface area contributed by atoms with Crippen molar-refractivity contribution in [2.45, 2.75) is 19.8 Å². The molecule has 0 aliphatic rings. The van der Waals surface area contributed by atoms with Gasteiger partial charge >= 0.3 is 0 Å². The number of nitrogens with one attached hydrogen (secondary N) is 2. The van der Waals surface area contributed by atoms with Crippen LogP contribution in [0.25, 0.3) is 0 Å². The normalized spacial score (nSPS) is 10.2. The molecule has 0 saturated heterocycles. The molecule has 1 rings (SSSR count). The van der Waals surface area contributed by atoms with Gasteiger partial charge < -0.3 is 15.4 Å². The second kappa shape index (κ2) is 8.85. The van der Waals surface area contributed by atoms with Gasteiger partial charge in [-0.05, 0) is 12.8 Å². The Kier molecular flexibility index (Phi) is 7.10. The number of hydrogen-bond acceptors (Lipinski definition) is 6. The molecule has 0 aliphatic heterocycles. The minimum absolute atomic E-state index is 0.00572. The largest absolute Gasteiger partial charge is 0.381 e. The van der Waals surface area contributed by atoms with Gasteiger partial charge in [0.25, 0.3) is 11.6 Å². The summed E-state index contributed by atoms with van der Waals surface area (Å²) in [6.07, 6.45) is 2.68. The number of hydrogen-bond donors (Lipinski definition) is 2. The first-order valence-corrected chi connectivity index (χ1v) is 6.78. The Balaban J connectivity index is 2.61. The molecule has 8 heteroatoms. The summed E-state index contributed by atoms with van der Waals surface area (Å²) >= 11 is 0. The van der Waals surface area contributed by atoms with Crippen LogP contribution in [0.5, 0.6) is 0 Å². The third-order valence-corrected chi connectivity index (χ3v) is 2.68. The van der Waals surface area contributed by atoms with Crippen LogP contribution < -0.4 is 10.6 Å². The fourth-order valence-electron chi connectivity index (χ4n) is 1.63. The maximum atomic E-state index is 12.0. The molecule has 0 aliphatic carbocycles. The third kappa shape index (κ3) is 5.35. The Morgan fingerprint density at radius 2 is 2.24 bits per heavy atom. The molecule has 0 aromatic carbocycles. The molecule has 116 valence electrons. The van der Waals surface area contributed by atoms with Crippen molar-refractivity contribution in [3.8, 4) is 0 Å². The fraction of sp³-hybridized carbons (Fsp3) is 0.538. The van der Waals surface area contributed by atoms with E-state index in [1.165, 1.54) is 6.07 Å². The zero-order chi connectivity index (χ0) is 15.7. The molecule has 1 aromatic rings. The number of carbonyl (C=O) groups excluding carboxylic acids is 1. The van der Waals surface area contributed by atoms with Gasteiger partial charge in [-0.3, -0.25) is 14.9 Å². The maximum Gasteiger partial charge on any atom is 0.300 e. The van der Waals surface area contributed by atoms with Gasteiger partial charge in [-0.1, -0.05) is 6.92 Å². The van der Waals surface area contributed by atoms with Crippen LogP contribution in [0.4, 0.5) is 11.5 Å². The summed E-state index contributed by atoms with van der Waals surface area (Å²) in [6, 6.07) is 1.36. The molecule has 0 saturated carbocycles.